The minimum Gasteiger partial charge on any atom is -0.318 e. The van der Waals surface area contributed by atoms with E-state index in [0.29, 0.717) is 5.70 Å². The molecule has 29 heavy (non-hydrogen) atoms. The average molecular weight is 385 g/mol. The standard InChI is InChI=1S/C24H23N3O2/c1-16-9-11-21(12-10-16)27-17(2)13-20(18(27)3)14-22-23(28)26(24(29)25-22)15-19-7-5-4-6-8-19/h4-14H,15H2,1-3H3,(H,25,29)/b22-14-. The summed E-state index contributed by atoms with van der Waals surface area (Å²) in [6.07, 6.45) is 1.76. The third-order valence-corrected chi connectivity index (χ3v) is 5.21. The summed E-state index contributed by atoms with van der Waals surface area (Å²) in [6, 6.07) is 19.4. The normalized spacial score (nSPS) is 15.3. The second kappa shape index (κ2) is 7.43. The van der Waals surface area contributed by atoms with Gasteiger partial charge in [0.05, 0.1) is 6.54 Å². The number of nitrogens with one attached hydrogen (secondary N) is 1. The Morgan fingerprint density at radius 3 is 2.31 bits per heavy atom. The lowest BCUT2D eigenvalue weighted by Gasteiger charge is -2.11. The Bertz CT molecular complexity index is 1110. The van der Waals surface area contributed by atoms with E-state index in [9.17, 15) is 9.59 Å². The van der Waals surface area contributed by atoms with Crippen molar-refractivity contribution in [1.29, 1.82) is 0 Å². The molecule has 1 saturated heterocycles. The van der Waals surface area contributed by atoms with E-state index >= 15 is 0 Å². The Morgan fingerprint density at radius 1 is 0.931 bits per heavy atom. The summed E-state index contributed by atoms with van der Waals surface area (Å²) in [5, 5.41) is 2.71. The zero-order valence-corrected chi connectivity index (χ0v) is 16.8. The summed E-state index contributed by atoms with van der Waals surface area (Å²) in [6.45, 7) is 6.36. The number of urea groups is 1. The Morgan fingerprint density at radius 2 is 1.62 bits per heavy atom. The predicted molar refractivity (Wildman–Crippen MR) is 113 cm³/mol. The SMILES string of the molecule is Cc1ccc(-n2c(C)cc(/C=C3\NC(=O)N(Cc4ccccc4)C3=O)c2C)cc1. The van der Waals surface area contributed by atoms with Crippen molar-refractivity contribution in [3.63, 3.8) is 0 Å². The van der Waals surface area contributed by atoms with Crippen LogP contribution in [0, 0.1) is 20.8 Å². The molecule has 3 amide bonds. The zero-order chi connectivity index (χ0) is 20.5. The molecule has 0 unspecified atom stereocenters. The summed E-state index contributed by atoms with van der Waals surface area (Å²) >= 11 is 0. The molecule has 4 rings (SSSR count). The highest BCUT2D eigenvalue weighted by molar-refractivity contribution is 6.13. The molecule has 1 N–H and O–H groups in total. The van der Waals surface area contributed by atoms with Gasteiger partial charge in [-0.1, -0.05) is 48.0 Å². The third kappa shape index (κ3) is 3.59. The van der Waals surface area contributed by atoms with Crippen LogP contribution in [0.15, 0.2) is 66.4 Å². The fourth-order valence-electron chi connectivity index (χ4n) is 3.66. The number of carbonyl (C=O) groups excluding carboxylic acids is 2. The number of rotatable bonds is 4. The maximum atomic E-state index is 12.8. The van der Waals surface area contributed by atoms with Crippen molar-refractivity contribution in [2.75, 3.05) is 0 Å². The number of benzene rings is 2. The maximum Gasteiger partial charge on any atom is 0.329 e. The van der Waals surface area contributed by atoms with Gasteiger partial charge in [0.1, 0.15) is 5.70 Å². The molecule has 0 atom stereocenters. The lowest BCUT2D eigenvalue weighted by atomic mass is 10.2. The van der Waals surface area contributed by atoms with Crippen molar-refractivity contribution >= 4 is 18.0 Å². The summed E-state index contributed by atoms with van der Waals surface area (Å²) in [4.78, 5) is 26.4. The number of amides is 3. The van der Waals surface area contributed by atoms with Gasteiger partial charge in [-0.25, -0.2) is 4.79 Å². The minimum absolute atomic E-state index is 0.255. The quantitative estimate of drug-likeness (QED) is 0.531. The first-order valence-corrected chi connectivity index (χ1v) is 9.58. The Hall–Kier alpha value is -3.60. The molecule has 3 aromatic rings. The van der Waals surface area contributed by atoms with Crippen molar-refractivity contribution in [3.8, 4) is 5.69 Å². The van der Waals surface area contributed by atoms with Crippen LogP contribution in [-0.4, -0.2) is 21.4 Å². The average Bonchev–Trinajstić information content (AvgIpc) is 3.13. The van der Waals surface area contributed by atoms with Crippen LogP contribution in [0.5, 0.6) is 0 Å². The number of nitrogens with zero attached hydrogens (tertiary/aromatic N) is 2. The van der Waals surface area contributed by atoms with E-state index in [2.05, 4.69) is 41.1 Å². The largest absolute Gasteiger partial charge is 0.329 e. The maximum absolute atomic E-state index is 12.8. The number of hydrogen-bond acceptors (Lipinski definition) is 2. The highest BCUT2D eigenvalue weighted by Gasteiger charge is 2.33. The Balaban J connectivity index is 1.63. The van der Waals surface area contributed by atoms with Gasteiger partial charge in [0.25, 0.3) is 5.91 Å². The van der Waals surface area contributed by atoms with Gasteiger partial charge in [0, 0.05) is 17.1 Å². The monoisotopic (exact) mass is 385 g/mol. The first-order valence-electron chi connectivity index (χ1n) is 9.58. The van der Waals surface area contributed by atoms with Gasteiger partial charge in [0.2, 0.25) is 0 Å². The van der Waals surface area contributed by atoms with Crippen LogP contribution in [0.3, 0.4) is 0 Å². The molecule has 0 saturated carbocycles. The van der Waals surface area contributed by atoms with E-state index < -0.39 is 6.03 Å². The molecule has 1 fully saturated rings. The van der Waals surface area contributed by atoms with E-state index in [-0.39, 0.29) is 12.5 Å². The molecule has 2 heterocycles. The van der Waals surface area contributed by atoms with Crippen LogP contribution in [0.25, 0.3) is 11.8 Å². The highest BCUT2D eigenvalue weighted by atomic mass is 16.2. The fraction of sp³-hybridized carbons (Fsp3) is 0.167. The molecular weight excluding hydrogens is 362 g/mol. The lowest BCUT2D eigenvalue weighted by molar-refractivity contribution is -0.123. The third-order valence-electron chi connectivity index (χ3n) is 5.21. The van der Waals surface area contributed by atoms with Crippen LogP contribution < -0.4 is 5.32 Å². The highest BCUT2D eigenvalue weighted by Crippen LogP contribution is 2.24. The molecule has 0 bridgehead atoms. The summed E-state index contributed by atoms with van der Waals surface area (Å²) in [5.41, 5.74) is 6.48. The molecule has 2 aromatic carbocycles. The smallest absolute Gasteiger partial charge is 0.318 e. The predicted octanol–water partition coefficient (Wildman–Crippen LogP) is 4.50. The number of imide groups is 1. The number of aryl methyl sites for hydroxylation is 2. The molecule has 5 nitrogen and oxygen atoms in total. The first kappa shape index (κ1) is 18.7. The Kier molecular flexibility index (Phi) is 4.80. The zero-order valence-electron chi connectivity index (χ0n) is 16.8. The van der Waals surface area contributed by atoms with Crippen LogP contribution in [0.1, 0.15) is 28.1 Å². The number of hydrogen-bond donors (Lipinski definition) is 1. The van der Waals surface area contributed by atoms with Crippen LogP contribution in [-0.2, 0) is 11.3 Å². The molecule has 5 heteroatoms. The van der Waals surface area contributed by atoms with E-state index in [1.54, 1.807) is 6.08 Å². The lowest BCUT2D eigenvalue weighted by Crippen LogP contribution is -2.30. The van der Waals surface area contributed by atoms with Crippen molar-refractivity contribution in [2.45, 2.75) is 27.3 Å². The van der Waals surface area contributed by atoms with Crippen LogP contribution in [0.4, 0.5) is 4.79 Å². The molecule has 1 aliphatic heterocycles. The van der Waals surface area contributed by atoms with E-state index in [1.807, 2.05) is 50.2 Å². The summed E-state index contributed by atoms with van der Waals surface area (Å²) in [5.74, 6) is -0.306. The number of aromatic nitrogens is 1. The second-order valence-corrected chi connectivity index (χ2v) is 7.36. The summed E-state index contributed by atoms with van der Waals surface area (Å²) in [7, 11) is 0. The molecule has 1 aromatic heterocycles. The second-order valence-electron chi connectivity index (χ2n) is 7.36. The van der Waals surface area contributed by atoms with E-state index in [0.717, 1.165) is 28.2 Å². The van der Waals surface area contributed by atoms with Crippen molar-refractivity contribution in [1.82, 2.24) is 14.8 Å². The van der Waals surface area contributed by atoms with Gasteiger partial charge in [-0.05, 0) is 56.2 Å². The molecule has 146 valence electrons. The number of carbonyl (C=O) groups is 2. The van der Waals surface area contributed by atoms with Gasteiger partial charge in [-0.3, -0.25) is 9.69 Å². The van der Waals surface area contributed by atoms with E-state index in [1.165, 1.54) is 10.5 Å². The van der Waals surface area contributed by atoms with Gasteiger partial charge in [0.15, 0.2) is 0 Å². The van der Waals surface area contributed by atoms with Crippen LogP contribution in [0.2, 0.25) is 0 Å². The first-order chi connectivity index (χ1) is 13.9. The minimum atomic E-state index is -0.391. The molecule has 0 aliphatic carbocycles. The Labute approximate surface area is 170 Å². The van der Waals surface area contributed by atoms with E-state index in [4.69, 9.17) is 0 Å². The molecule has 0 radical (unpaired) electrons. The van der Waals surface area contributed by atoms with Crippen molar-refractivity contribution in [3.05, 3.63) is 94.4 Å². The van der Waals surface area contributed by atoms with Crippen molar-refractivity contribution in [2.24, 2.45) is 0 Å². The molecule has 0 spiro atoms. The van der Waals surface area contributed by atoms with Gasteiger partial charge < -0.3 is 9.88 Å². The van der Waals surface area contributed by atoms with Gasteiger partial charge in [-0.15, -0.1) is 0 Å². The van der Waals surface area contributed by atoms with Gasteiger partial charge >= 0.3 is 6.03 Å². The van der Waals surface area contributed by atoms with Crippen LogP contribution >= 0.6 is 0 Å². The summed E-state index contributed by atoms with van der Waals surface area (Å²) < 4.78 is 2.15. The van der Waals surface area contributed by atoms with Crippen molar-refractivity contribution < 1.29 is 9.59 Å². The molecular formula is C24H23N3O2. The molecule has 1 aliphatic rings. The van der Waals surface area contributed by atoms with Gasteiger partial charge in [-0.2, -0.15) is 0 Å². The fourth-order valence-corrected chi connectivity index (χ4v) is 3.66. The topological polar surface area (TPSA) is 54.3 Å².